The van der Waals surface area contributed by atoms with Gasteiger partial charge in [-0.15, -0.1) is 0 Å². The Morgan fingerprint density at radius 3 is 1.86 bits per heavy atom. The summed E-state index contributed by atoms with van der Waals surface area (Å²) in [5.41, 5.74) is -0.136. The number of hydrogen-bond donors (Lipinski definition) is 2. The summed E-state index contributed by atoms with van der Waals surface area (Å²) in [7, 11) is 0. The van der Waals surface area contributed by atoms with Crippen LogP contribution in [0.15, 0.2) is 24.3 Å². The molecule has 0 heterocycles. The van der Waals surface area contributed by atoms with Crippen LogP contribution in [0.1, 0.15) is 0 Å². The summed E-state index contributed by atoms with van der Waals surface area (Å²) in [6.45, 7) is 0. The zero-order valence-corrected chi connectivity index (χ0v) is 10.5. The molecule has 0 unspecified atom stereocenters. The van der Waals surface area contributed by atoms with Crippen LogP contribution >= 0.6 is 11.6 Å². The third kappa shape index (κ3) is 3.90. The van der Waals surface area contributed by atoms with Crippen LogP contribution in [0, 0.1) is 0 Å². The molecule has 0 atom stereocenters. The average Bonchev–Trinajstić information content (AvgIpc) is 2.29. The summed E-state index contributed by atoms with van der Waals surface area (Å²) in [5.74, 6) is -6.42. The standard InChI is InChI=1S/C10H6ClF7N2O/c11-5-1-3-6(4-2-5)19-7(21)20-10(17,18)8(12,13)9(14,15)16/h1-4H,(H2,19,20,21). The van der Waals surface area contributed by atoms with E-state index in [-0.39, 0.29) is 16.0 Å². The van der Waals surface area contributed by atoms with Crippen molar-refractivity contribution in [3.8, 4) is 0 Å². The second-order valence-electron chi connectivity index (χ2n) is 3.73. The second kappa shape index (κ2) is 5.58. The molecule has 3 nitrogen and oxygen atoms in total. The predicted octanol–water partition coefficient (Wildman–Crippen LogP) is 4.25. The highest BCUT2D eigenvalue weighted by Gasteiger charge is 2.74. The van der Waals surface area contributed by atoms with Gasteiger partial charge in [0.15, 0.2) is 0 Å². The number of urea groups is 1. The van der Waals surface area contributed by atoms with E-state index in [0.717, 1.165) is 12.1 Å². The number of carbonyl (C=O) groups is 1. The zero-order chi connectivity index (χ0) is 16.5. The van der Waals surface area contributed by atoms with Crippen molar-refractivity contribution in [2.75, 3.05) is 5.32 Å². The molecule has 0 saturated carbocycles. The van der Waals surface area contributed by atoms with Crippen molar-refractivity contribution < 1.29 is 35.5 Å². The molecular weight excluding hydrogens is 333 g/mol. The van der Waals surface area contributed by atoms with E-state index in [2.05, 4.69) is 0 Å². The maximum absolute atomic E-state index is 12.9. The van der Waals surface area contributed by atoms with E-state index in [1.54, 1.807) is 5.32 Å². The predicted molar refractivity (Wildman–Crippen MR) is 59.6 cm³/mol. The number of nitrogens with one attached hydrogen (secondary N) is 2. The van der Waals surface area contributed by atoms with Crippen molar-refractivity contribution in [2.45, 2.75) is 18.1 Å². The number of carbonyl (C=O) groups excluding carboxylic acids is 1. The minimum Gasteiger partial charge on any atom is -0.308 e. The molecule has 1 aromatic rings. The van der Waals surface area contributed by atoms with Gasteiger partial charge in [-0.25, -0.2) is 4.79 Å². The molecular formula is C10H6ClF7N2O. The summed E-state index contributed by atoms with van der Waals surface area (Å²) in [4.78, 5) is 11.1. The van der Waals surface area contributed by atoms with Gasteiger partial charge in [-0.1, -0.05) is 11.6 Å². The van der Waals surface area contributed by atoms with Gasteiger partial charge in [0, 0.05) is 10.7 Å². The quantitative estimate of drug-likeness (QED) is 0.628. The minimum absolute atomic E-state index is 0.136. The van der Waals surface area contributed by atoms with Crippen LogP contribution in [-0.2, 0) is 0 Å². The molecule has 1 rings (SSSR count). The van der Waals surface area contributed by atoms with E-state index < -0.39 is 24.2 Å². The average molecular weight is 339 g/mol. The van der Waals surface area contributed by atoms with E-state index in [0.29, 0.717) is 0 Å². The summed E-state index contributed by atoms with van der Waals surface area (Å²) in [5, 5.41) is 2.17. The highest BCUT2D eigenvalue weighted by Crippen LogP contribution is 2.45. The molecule has 21 heavy (non-hydrogen) atoms. The highest BCUT2D eigenvalue weighted by molar-refractivity contribution is 6.30. The van der Waals surface area contributed by atoms with Crippen molar-refractivity contribution in [2.24, 2.45) is 0 Å². The molecule has 0 spiro atoms. The van der Waals surface area contributed by atoms with Crippen molar-refractivity contribution in [3.05, 3.63) is 29.3 Å². The Labute approximate surface area is 118 Å². The highest BCUT2D eigenvalue weighted by atomic mass is 35.5. The smallest absolute Gasteiger partial charge is 0.308 e. The van der Waals surface area contributed by atoms with Crippen LogP contribution in [0.25, 0.3) is 0 Å². The van der Waals surface area contributed by atoms with E-state index in [1.807, 2.05) is 0 Å². The third-order valence-corrected chi connectivity index (χ3v) is 2.37. The largest absolute Gasteiger partial charge is 0.462 e. The molecule has 11 heteroatoms. The molecule has 2 amide bonds. The Morgan fingerprint density at radius 1 is 0.952 bits per heavy atom. The van der Waals surface area contributed by atoms with Crippen LogP contribution in [-0.4, -0.2) is 24.2 Å². The number of hydrogen-bond acceptors (Lipinski definition) is 1. The monoisotopic (exact) mass is 338 g/mol. The van der Waals surface area contributed by atoms with E-state index >= 15 is 0 Å². The fraction of sp³-hybridized carbons (Fsp3) is 0.300. The normalized spacial score (nSPS) is 13.0. The lowest BCUT2D eigenvalue weighted by Crippen LogP contribution is -2.61. The summed E-state index contributed by atoms with van der Waals surface area (Å²) < 4.78 is 86.3. The van der Waals surface area contributed by atoms with Crippen molar-refractivity contribution in [3.63, 3.8) is 0 Å². The molecule has 0 aromatic heterocycles. The van der Waals surface area contributed by atoms with Gasteiger partial charge >= 0.3 is 24.2 Å². The SMILES string of the molecule is O=C(Nc1ccc(Cl)cc1)NC(F)(F)C(F)(F)C(F)(F)F. The number of halogens is 8. The Hall–Kier alpha value is -1.71. The lowest BCUT2D eigenvalue weighted by molar-refractivity contribution is -0.358. The molecule has 2 N–H and O–H groups in total. The van der Waals surface area contributed by atoms with Gasteiger partial charge in [-0.05, 0) is 24.3 Å². The fourth-order valence-electron chi connectivity index (χ4n) is 1.09. The number of alkyl halides is 7. The Kier molecular flexibility index (Phi) is 4.61. The lowest BCUT2D eigenvalue weighted by Gasteiger charge is -2.28. The van der Waals surface area contributed by atoms with Gasteiger partial charge in [0.2, 0.25) is 0 Å². The molecule has 0 aliphatic carbocycles. The summed E-state index contributed by atoms with van der Waals surface area (Å²) in [6, 6.07) is -3.03. The van der Waals surface area contributed by atoms with Crippen LogP contribution in [0.5, 0.6) is 0 Å². The maximum Gasteiger partial charge on any atom is 0.462 e. The first-order chi connectivity index (χ1) is 9.37. The zero-order valence-electron chi connectivity index (χ0n) is 9.74. The fourth-order valence-corrected chi connectivity index (χ4v) is 1.22. The van der Waals surface area contributed by atoms with Gasteiger partial charge in [0.05, 0.1) is 0 Å². The second-order valence-corrected chi connectivity index (χ2v) is 4.17. The number of benzene rings is 1. The topological polar surface area (TPSA) is 41.1 Å². The lowest BCUT2D eigenvalue weighted by atomic mass is 10.2. The first-order valence-electron chi connectivity index (χ1n) is 5.04. The molecule has 0 radical (unpaired) electrons. The minimum atomic E-state index is -6.52. The third-order valence-electron chi connectivity index (χ3n) is 2.12. The maximum atomic E-state index is 12.9. The first-order valence-corrected chi connectivity index (χ1v) is 5.42. The van der Waals surface area contributed by atoms with E-state index in [1.165, 1.54) is 12.1 Å². The van der Waals surface area contributed by atoms with Crippen molar-refractivity contribution in [1.82, 2.24) is 5.32 Å². The van der Waals surface area contributed by atoms with E-state index in [9.17, 15) is 35.5 Å². The summed E-state index contributed by atoms with van der Waals surface area (Å²) >= 11 is 5.49. The molecule has 0 aliphatic heterocycles. The van der Waals surface area contributed by atoms with Crippen molar-refractivity contribution >= 4 is 23.3 Å². The summed E-state index contributed by atoms with van der Waals surface area (Å²) in [6.07, 6.45) is -6.52. The molecule has 0 saturated heterocycles. The van der Waals surface area contributed by atoms with Crippen molar-refractivity contribution in [1.29, 1.82) is 0 Å². The number of anilines is 1. The number of rotatable bonds is 3. The first kappa shape index (κ1) is 17.3. The van der Waals surface area contributed by atoms with Gasteiger partial charge in [-0.2, -0.15) is 30.7 Å². The van der Waals surface area contributed by atoms with Crippen LogP contribution in [0.3, 0.4) is 0 Å². The molecule has 1 aromatic carbocycles. The van der Waals surface area contributed by atoms with Crippen LogP contribution < -0.4 is 10.6 Å². The van der Waals surface area contributed by atoms with Crippen LogP contribution in [0.2, 0.25) is 5.02 Å². The Bertz CT molecular complexity index is 515. The van der Waals surface area contributed by atoms with Gasteiger partial charge < -0.3 is 5.32 Å². The van der Waals surface area contributed by atoms with Crippen LogP contribution in [0.4, 0.5) is 41.2 Å². The number of amides is 2. The Morgan fingerprint density at radius 2 is 1.43 bits per heavy atom. The molecule has 0 aliphatic rings. The Balaban J connectivity index is 2.79. The van der Waals surface area contributed by atoms with E-state index in [4.69, 9.17) is 11.6 Å². The molecule has 0 bridgehead atoms. The van der Waals surface area contributed by atoms with Gasteiger partial charge in [-0.3, -0.25) is 5.32 Å². The molecule has 0 fully saturated rings. The van der Waals surface area contributed by atoms with Gasteiger partial charge in [0.1, 0.15) is 0 Å². The van der Waals surface area contributed by atoms with Gasteiger partial charge in [0.25, 0.3) is 0 Å². The molecule has 118 valence electrons.